The van der Waals surface area contributed by atoms with Gasteiger partial charge in [-0.2, -0.15) is 0 Å². The SMILES string of the molecule is O=S(=O)(c1ccccc1F)N(Cc1ccc(F)cc1F)c1cccc(Br)c1. The maximum absolute atomic E-state index is 14.2. The van der Waals surface area contributed by atoms with Crippen LogP contribution in [0.15, 0.2) is 76.1 Å². The van der Waals surface area contributed by atoms with Gasteiger partial charge in [0.05, 0.1) is 12.2 Å². The average Bonchev–Trinajstić information content (AvgIpc) is 2.61. The molecule has 0 radical (unpaired) electrons. The van der Waals surface area contributed by atoms with Gasteiger partial charge in [-0.1, -0.05) is 40.2 Å². The number of rotatable bonds is 5. The van der Waals surface area contributed by atoms with Crippen LogP contribution < -0.4 is 4.31 Å². The van der Waals surface area contributed by atoms with Crippen molar-refractivity contribution in [3.8, 4) is 0 Å². The molecule has 140 valence electrons. The van der Waals surface area contributed by atoms with Crippen molar-refractivity contribution in [1.29, 1.82) is 0 Å². The van der Waals surface area contributed by atoms with Crippen molar-refractivity contribution in [3.63, 3.8) is 0 Å². The number of anilines is 1. The first-order valence-electron chi connectivity index (χ1n) is 7.76. The lowest BCUT2D eigenvalue weighted by Crippen LogP contribution is -2.31. The summed E-state index contributed by atoms with van der Waals surface area (Å²) >= 11 is 3.26. The largest absolute Gasteiger partial charge is 0.267 e. The molecule has 8 heteroatoms. The predicted octanol–water partition coefficient (Wildman–Crippen LogP) is 5.26. The summed E-state index contributed by atoms with van der Waals surface area (Å²) in [4.78, 5) is -0.535. The summed E-state index contributed by atoms with van der Waals surface area (Å²) in [6, 6.07) is 14.1. The molecule has 0 aliphatic carbocycles. The van der Waals surface area contributed by atoms with Crippen LogP contribution in [0.3, 0.4) is 0 Å². The first-order valence-corrected chi connectivity index (χ1v) is 9.99. The Kier molecular flexibility index (Phi) is 5.57. The van der Waals surface area contributed by atoms with Crippen molar-refractivity contribution in [2.75, 3.05) is 4.31 Å². The third-order valence-electron chi connectivity index (χ3n) is 3.83. The number of halogens is 4. The van der Waals surface area contributed by atoms with Crippen LogP contribution in [0, 0.1) is 17.5 Å². The van der Waals surface area contributed by atoms with E-state index in [0.717, 1.165) is 28.6 Å². The minimum Gasteiger partial charge on any atom is -0.262 e. The summed E-state index contributed by atoms with van der Waals surface area (Å²) in [6.45, 7) is -0.431. The molecule has 0 aliphatic rings. The number of nitrogens with zero attached hydrogens (tertiary/aromatic N) is 1. The van der Waals surface area contributed by atoms with Gasteiger partial charge in [0.1, 0.15) is 22.3 Å². The van der Waals surface area contributed by atoms with E-state index in [1.54, 1.807) is 12.1 Å². The van der Waals surface area contributed by atoms with Gasteiger partial charge in [0.2, 0.25) is 0 Å². The molecule has 0 aliphatic heterocycles. The highest BCUT2D eigenvalue weighted by Gasteiger charge is 2.28. The molecule has 0 spiro atoms. The highest BCUT2D eigenvalue weighted by atomic mass is 79.9. The number of benzene rings is 3. The molecule has 0 saturated heterocycles. The van der Waals surface area contributed by atoms with Crippen LogP contribution in [0.25, 0.3) is 0 Å². The smallest absolute Gasteiger partial charge is 0.262 e. The lowest BCUT2D eigenvalue weighted by atomic mass is 10.2. The molecule has 3 aromatic rings. The van der Waals surface area contributed by atoms with Gasteiger partial charge in [0, 0.05) is 16.1 Å². The second-order valence-corrected chi connectivity index (χ2v) is 8.40. The van der Waals surface area contributed by atoms with Gasteiger partial charge in [0.15, 0.2) is 0 Å². The quantitative estimate of drug-likeness (QED) is 0.525. The first kappa shape index (κ1) is 19.4. The van der Waals surface area contributed by atoms with Crippen molar-refractivity contribution in [3.05, 3.63) is 94.2 Å². The maximum Gasteiger partial charge on any atom is 0.267 e. The van der Waals surface area contributed by atoms with Crippen molar-refractivity contribution < 1.29 is 21.6 Å². The molecule has 0 aromatic heterocycles. The second-order valence-electron chi connectivity index (χ2n) is 5.66. The summed E-state index contributed by atoms with van der Waals surface area (Å²) < 4.78 is 69.2. The second kappa shape index (κ2) is 7.74. The van der Waals surface area contributed by atoms with Crippen molar-refractivity contribution in [1.82, 2.24) is 0 Å². The van der Waals surface area contributed by atoms with E-state index in [1.807, 2.05) is 0 Å². The first-order chi connectivity index (χ1) is 12.8. The molecule has 0 bridgehead atoms. The van der Waals surface area contributed by atoms with E-state index in [-0.39, 0.29) is 11.3 Å². The fourth-order valence-corrected chi connectivity index (χ4v) is 4.41. The molecule has 3 rings (SSSR count). The third kappa shape index (κ3) is 4.17. The Labute approximate surface area is 163 Å². The normalized spacial score (nSPS) is 11.4. The van der Waals surface area contributed by atoms with Gasteiger partial charge < -0.3 is 0 Å². The molecule has 0 fully saturated rings. The van der Waals surface area contributed by atoms with Crippen molar-refractivity contribution in [2.24, 2.45) is 0 Å². The summed E-state index contributed by atoms with van der Waals surface area (Å²) in [5.74, 6) is -2.59. The molecule has 27 heavy (non-hydrogen) atoms. The Morgan fingerprint density at radius 3 is 2.26 bits per heavy atom. The molecule has 3 nitrogen and oxygen atoms in total. The molecule has 0 amide bonds. The average molecular weight is 456 g/mol. The molecular weight excluding hydrogens is 443 g/mol. The van der Waals surface area contributed by atoms with Crippen LogP contribution in [0.5, 0.6) is 0 Å². The number of hydrogen-bond acceptors (Lipinski definition) is 2. The summed E-state index contributed by atoms with van der Waals surface area (Å²) in [5.41, 5.74) is 0.160. The van der Waals surface area contributed by atoms with Crippen LogP contribution in [0.4, 0.5) is 18.9 Å². The molecule has 0 heterocycles. The van der Waals surface area contributed by atoms with Gasteiger partial charge in [-0.15, -0.1) is 0 Å². The van der Waals surface area contributed by atoms with Crippen LogP contribution >= 0.6 is 15.9 Å². The fraction of sp³-hybridized carbons (Fsp3) is 0.0526. The van der Waals surface area contributed by atoms with Gasteiger partial charge in [-0.25, -0.2) is 21.6 Å². The predicted molar refractivity (Wildman–Crippen MR) is 100 cm³/mol. The monoisotopic (exact) mass is 455 g/mol. The van der Waals surface area contributed by atoms with Crippen LogP contribution in [0.2, 0.25) is 0 Å². The maximum atomic E-state index is 14.2. The zero-order valence-electron chi connectivity index (χ0n) is 13.7. The summed E-state index contributed by atoms with van der Waals surface area (Å²) in [6.07, 6.45) is 0. The Bertz CT molecular complexity index is 1090. The van der Waals surface area contributed by atoms with E-state index in [1.165, 1.54) is 24.3 Å². The molecule has 3 aromatic carbocycles. The molecule has 0 atom stereocenters. The van der Waals surface area contributed by atoms with E-state index in [0.29, 0.717) is 10.5 Å². The minimum atomic E-state index is -4.35. The Hall–Kier alpha value is -2.32. The molecule has 0 saturated carbocycles. The van der Waals surface area contributed by atoms with Crippen LogP contribution in [0.1, 0.15) is 5.56 Å². The van der Waals surface area contributed by atoms with Gasteiger partial charge in [-0.05, 0) is 36.4 Å². The Morgan fingerprint density at radius 1 is 0.852 bits per heavy atom. The van der Waals surface area contributed by atoms with E-state index in [2.05, 4.69) is 15.9 Å². The minimum absolute atomic E-state index is 0.0451. The fourth-order valence-electron chi connectivity index (χ4n) is 2.52. The zero-order valence-corrected chi connectivity index (χ0v) is 16.1. The van der Waals surface area contributed by atoms with Crippen molar-refractivity contribution >= 4 is 31.6 Å². The van der Waals surface area contributed by atoms with E-state index in [4.69, 9.17) is 0 Å². The molecule has 0 N–H and O–H groups in total. The third-order valence-corrected chi connectivity index (χ3v) is 6.13. The lowest BCUT2D eigenvalue weighted by molar-refractivity contribution is 0.559. The summed E-state index contributed by atoms with van der Waals surface area (Å²) in [7, 11) is -4.35. The highest BCUT2D eigenvalue weighted by Crippen LogP contribution is 2.29. The standard InChI is InChI=1S/C19H13BrF3NO2S/c20-14-4-3-5-16(10-14)24(12-13-8-9-15(21)11-18(13)23)27(25,26)19-7-2-1-6-17(19)22/h1-11H,12H2. The van der Waals surface area contributed by atoms with Crippen LogP contribution in [-0.4, -0.2) is 8.42 Å². The number of sulfonamides is 1. The number of hydrogen-bond donors (Lipinski definition) is 0. The topological polar surface area (TPSA) is 37.4 Å². The highest BCUT2D eigenvalue weighted by molar-refractivity contribution is 9.10. The van der Waals surface area contributed by atoms with E-state index in [9.17, 15) is 21.6 Å². The van der Waals surface area contributed by atoms with E-state index < -0.39 is 38.9 Å². The zero-order chi connectivity index (χ0) is 19.6. The lowest BCUT2D eigenvalue weighted by Gasteiger charge is -2.25. The summed E-state index contributed by atoms with van der Waals surface area (Å²) in [5, 5.41) is 0. The Balaban J connectivity index is 2.14. The van der Waals surface area contributed by atoms with Crippen LogP contribution in [-0.2, 0) is 16.6 Å². The van der Waals surface area contributed by atoms with Gasteiger partial charge >= 0.3 is 0 Å². The molecule has 0 unspecified atom stereocenters. The van der Waals surface area contributed by atoms with E-state index >= 15 is 0 Å². The Morgan fingerprint density at radius 2 is 1.59 bits per heavy atom. The molecular formula is C19H13BrF3NO2S. The van der Waals surface area contributed by atoms with Crippen molar-refractivity contribution in [2.45, 2.75) is 11.4 Å². The van der Waals surface area contributed by atoms with Gasteiger partial charge in [0.25, 0.3) is 10.0 Å². The van der Waals surface area contributed by atoms with Gasteiger partial charge in [-0.3, -0.25) is 4.31 Å².